The van der Waals surface area contributed by atoms with Crippen molar-refractivity contribution >= 4 is 52.5 Å². The standard InChI is InChI=1S/C42H47N9O6/c1-46-16-17-50(41(46)57)29-4-2-14-47(22-29)36-21-44-37(38(43)54)33(45-36)18-26-5-7-27(8-6-26)48-15-3-13-42(23-48)24-49(25-42)28-9-11-31-32(19-28)40(56)51(39(31)55)34-12-10-30(52)20-35(34)53/h5-9,11,19,21,29,34H,2-4,10,12-18,20,22-25H2,1H3,(H2,43,54)/t29-,34?/m0/s1. The molecule has 6 heterocycles. The van der Waals surface area contributed by atoms with Crippen molar-refractivity contribution in [1.29, 1.82) is 0 Å². The molecule has 296 valence electrons. The fourth-order valence-electron chi connectivity index (χ4n) is 9.83. The minimum atomic E-state index is -0.879. The van der Waals surface area contributed by atoms with E-state index in [0.717, 1.165) is 93.3 Å². The number of amides is 5. The van der Waals surface area contributed by atoms with E-state index < -0.39 is 23.8 Å². The number of nitrogens with two attached hydrogens (primary N) is 1. The Balaban J connectivity index is 0.842. The van der Waals surface area contributed by atoms with Gasteiger partial charge >= 0.3 is 6.03 Å². The summed E-state index contributed by atoms with van der Waals surface area (Å²) in [7, 11) is 1.83. The van der Waals surface area contributed by atoms with Gasteiger partial charge in [-0.15, -0.1) is 0 Å². The normalized spacial score (nSPS) is 23.5. The molecule has 2 atom stereocenters. The van der Waals surface area contributed by atoms with E-state index in [4.69, 9.17) is 10.7 Å². The van der Waals surface area contributed by atoms with E-state index in [-0.39, 0.29) is 54.0 Å². The van der Waals surface area contributed by atoms with Crippen LogP contribution in [-0.4, -0.2) is 131 Å². The maximum atomic E-state index is 13.4. The van der Waals surface area contributed by atoms with Crippen LogP contribution < -0.4 is 20.4 Å². The molecule has 2 N–H and O–H groups in total. The Morgan fingerprint density at radius 1 is 0.842 bits per heavy atom. The van der Waals surface area contributed by atoms with Crippen LogP contribution in [0, 0.1) is 5.41 Å². The molecule has 5 fully saturated rings. The maximum absolute atomic E-state index is 13.4. The number of carbonyl (C=O) groups is 6. The van der Waals surface area contributed by atoms with E-state index in [1.54, 1.807) is 23.2 Å². The van der Waals surface area contributed by atoms with E-state index >= 15 is 0 Å². The number of rotatable bonds is 8. The van der Waals surface area contributed by atoms with E-state index in [0.29, 0.717) is 35.6 Å². The molecule has 1 saturated carbocycles. The monoisotopic (exact) mass is 773 g/mol. The molecule has 2 aromatic carbocycles. The van der Waals surface area contributed by atoms with E-state index in [1.807, 2.05) is 18.0 Å². The molecular formula is C42H47N9O6. The van der Waals surface area contributed by atoms with E-state index in [2.05, 4.69) is 43.9 Å². The second-order valence-electron chi connectivity index (χ2n) is 16.7. The third-order valence-electron chi connectivity index (χ3n) is 12.9. The Labute approximate surface area is 330 Å². The zero-order chi connectivity index (χ0) is 39.6. The summed E-state index contributed by atoms with van der Waals surface area (Å²) in [6.45, 7) is 6.37. The minimum absolute atomic E-state index is 0.0632. The van der Waals surface area contributed by atoms with Crippen LogP contribution in [0.2, 0.25) is 0 Å². The predicted molar refractivity (Wildman–Crippen MR) is 210 cm³/mol. The number of hydrogen-bond donors (Lipinski definition) is 1. The number of hydrogen-bond acceptors (Lipinski definition) is 11. The molecule has 1 unspecified atom stereocenters. The largest absolute Gasteiger partial charge is 0.371 e. The summed E-state index contributed by atoms with van der Waals surface area (Å²) in [5.74, 6) is -1.38. The Morgan fingerprint density at radius 2 is 1.58 bits per heavy atom. The number of likely N-dealkylation sites (N-methyl/N-ethyl adjacent to an activating group) is 1. The first-order valence-electron chi connectivity index (χ1n) is 20.0. The van der Waals surface area contributed by atoms with Crippen molar-refractivity contribution in [3.8, 4) is 0 Å². The summed E-state index contributed by atoms with van der Waals surface area (Å²) in [5.41, 5.74) is 10.1. The van der Waals surface area contributed by atoms with Crippen LogP contribution in [0.5, 0.6) is 0 Å². The van der Waals surface area contributed by atoms with Crippen LogP contribution in [0.25, 0.3) is 0 Å². The van der Waals surface area contributed by atoms with Crippen LogP contribution in [0.3, 0.4) is 0 Å². The molecule has 5 amide bonds. The molecular weight excluding hydrogens is 727 g/mol. The molecule has 0 bridgehead atoms. The second kappa shape index (κ2) is 14.3. The van der Waals surface area contributed by atoms with Gasteiger partial charge in [-0.25, -0.2) is 14.8 Å². The van der Waals surface area contributed by atoms with Gasteiger partial charge in [0.15, 0.2) is 5.78 Å². The van der Waals surface area contributed by atoms with Gasteiger partial charge in [0.1, 0.15) is 17.3 Å². The van der Waals surface area contributed by atoms with Crippen molar-refractivity contribution in [3.05, 3.63) is 76.7 Å². The molecule has 57 heavy (non-hydrogen) atoms. The van der Waals surface area contributed by atoms with Gasteiger partial charge in [0.25, 0.3) is 17.7 Å². The fraction of sp³-hybridized carbons (Fsp3) is 0.476. The number of ketones is 2. The maximum Gasteiger partial charge on any atom is 0.320 e. The van der Waals surface area contributed by atoms with Crippen LogP contribution in [0.4, 0.5) is 22.0 Å². The third-order valence-corrected chi connectivity index (χ3v) is 12.9. The van der Waals surface area contributed by atoms with Crippen molar-refractivity contribution in [2.45, 2.75) is 63.5 Å². The first-order chi connectivity index (χ1) is 27.5. The van der Waals surface area contributed by atoms with E-state index in [1.165, 1.54) is 0 Å². The van der Waals surface area contributed by atoms with Gasteiger partial charge < -0.3 is 30.2 Å². The summed E-state index contributed by atoms with van der Waals surface area (Å²) in [4.78, 5) is 97.1. The Bertz CT molecular complexity index is 2190. The van der Waals surface area contributed by atoms with Crippen molar-refractivity contribution < 1.29 is 28.8 Å². The molecule has 6 aliphatic rings. The number of aromatic nitrogens is 2. The van der Waals surface area contributed by atoms with Crippen molar-refractivity contribution in [2.75, 3.05) is 74.1 Å². The molecule has 15 heteroatoms. The highest BCUT2D eigenvalue weighted by Crippen LogP contribution is 2.43. The number of piperidine rings is 2. The number of primary amides is 1. The molecule has 1 spiro atoms. The van der Waals surface area contributed by atoms with E-state index in [9.17, 15) is 28.8 Å². The first-order valence-corrected chi connectivity index (χ1v) is 20.0. The summed E-state index contributed by atoms with van der Waals surface area (Å²) in [6, 6.07) is 13.0. The van der Waals surface area contributed by atoms with Gasteiger partial charge in [0.2, 0.25) is 0 Å². The highest BCUT2D eigenvalue weighted by molar-refractivity contribution is 6.24. The average molecular weight is 774 g/mol. The molecule has 0 radical (unpaired) electrons. The molecule has 9 rings (SSSR count). The smallest absolute Gasteiger partial charge is 0.320 e. The summed E-state index contributed by atoms with van der Waals surface area (Å²) in [5, 5.41) is 0. The topological polar surface area (TPSA) is 174 Å². The van der Waals surface area contributed by atoms with Gasteiger partial charge in [-0.2, -0.15) is 0 Å². The number of anilines is 3. The minimum Gasteiger partial charge on any atom is -0.371 e. The Morgan fingerprint density at radius 3 is 2.32 bits per heavy atom. The zero-order valence-corrected chi connectivity index (χ0v) is 32.2. The van der Waals surface area contributed by atoms with Crippen LogP contribution >= 0.6 is 0 Å². The molecule has 1 aliphatic carbocycles. The number of carbonyl (C=O) groups excluding carboxylic acids is 6. The fourth-order valence-corrected chi connectivity index (χ4v) is 9.83. The van der Waals surface area contributed by atoms with Crippen LogP contribution in [-0.2, 0) is 16.0 Å². The molecule has 3 aromatic rings. The van der Waals surface area contributed by atoms with Gasteiger partial charge in [-0.05, 0) is 68.0 Å². The van der Waals surface area contributed by atoms with Crippen LogP contribution in [0.1, 0.15) is 87.4 Å². The lowest BCUT2D eigenvalue weighted by Gasteiger charge is -2.56. The highest BCUT2D eigenvalue weighted by atomic mass is 16.2. The number of fused-ring (bicyclic) bond motifs is 1. The number of imide groups is 1. The molecule has 5 aliphatic heterocycles. The summed E-state index contributed by atoms with van der Waals surface area (Å²) < 4.78 is 0. The SMILES string of the molecule is CN1CCN([C@H]2CCCN(c3cnc(C(N)=O)c(Cc4ccc(N5CCCC6(C5)CN(c5ccc7c(c5)C(=O)N(C5CCC(=O)CC5=O)C7=O)C6)cc4)n3)C2)C1=O. The Kier molecular flexibility index (Phi) is 9.20. The average Bonchev–Trinajstić information content (AvgIpc) is 3.66. The number of benzene rings is 2. The molecule has 15 nitrogen and oxygen atoms in total. The summed E-state index contributed by atoms with van der Waals surface area (Å²) in [6.07, 6.45) is 6.16. The van der Waals surface area contributed by atoms with Gasteiger partial charge in [0, 0.05) is 89.0 Å². The lowest BCUT2D eigenvalue weighted by atomic mass is 9.73. The predicted octanol–water partition coefficient (Wildman–Crippen LogP) is 2.90. The first kappa shape index (κ1) is 36.8. The Hall–Kier alpha value is -5.86. The van der Waals surface area contributed by atoms with Gasteiger partial charge in [-0.3, -0.25) is 28.9 Å². The van der Waals surface area contributed by atoms with Crippen LogP contribution in [0.15, 0.2) is 48.7 Å². The highest BCUT2D eigenvalue weighted by Gasteiger charge is 2.48. The number of Topliss-reactive ketones (excluding diaryl/α,β-unsaturated/α-hetero) is 2. The number of urea groups is 1. The van der Waals surface area contributed by atoms with Crippen molar-refractivity contribution in [3.63, 3.8) is 0 Å². The van der Waals surface area contributed by atoms with Gasteiger partial charge in [0.05, 0.1) is 41.5 Å². The molecule has 4 saturated heterocycles. The lowest BCUT2D eigenvalue weighted by Crippen LogP contribution is -2.63. The lowest BCUT2D eigenvalue weighted by molar-refractivity contribution is -0.132. The third kappa shape index (κ3) is 6.65. The quantitative estimate of drug-likeness (QED) is 0.264. The second-order valence-corrected chi connectivity index (χ2v) is 16.7. The molecule has 1 aromatic heterocycles. The van der Waals surface area contributed by atoms with Gasteiger partial charge in [-0.1, -0.05) is 12.1 Å². The summed E-state index contributed by atoms with van der Waals surface area (Å²) >= 11 is 0. The number of nitrogens with zero attached hydrogens (tertiary/aromatic N) is 8. The van der Waals surface area contributed by atoms with Crippen molar-refractivity contribution in [2.24, 2.45) is 11.1 Å². The zero-order valence-electron chi connectivity index (χ0n) is 32.2. The van der Waals surface area contributed by atoms with Crippen molar-refractivity contribution in [1.82, 2.24) is 24.7 Å².